The van der Waals surface area contributed by atoms with Gasteiger partial charge in [-0.1, -0.05) is 15.9 Å². The first-order valence-corrected chi connectivity index (χ1v) is 6.59. The average Bonchev–Trinajstić information content (AvgIpc) is 2.38. The van der Waals surface area contributed by atoms with Crippen molar-refractivity contribution < 1.29 is 9.13 Å². The highest BCUT2D eigenvalue weighted by molar-refractivity contribution is 9.10. The Morgan fingerprint density at radius 2 is 1.89 bits per heavy atom. The molecule has 0 radical (unpaired) electrons. The molecule has 0 atom stereocenters. The minimum atomic E-state index is -0.420. The second kappa shape index (κ2) is 5.67. The van der Waals surface area contributed by atoms with Crippen molar-refractivity contribution in [2.75, 3.05) is 0 Å². The highest BCUT2D eigenvalue weighted by atomic mass is 79.9. The molecule has 0 saturated carbocycles. The van der Waals surface area contributed by atoms with Crippen LogP contribution in [0.2, 0.25) is 0 Å². The van der Waals surface area contributed by atoms with Crippen molar-refractivity contribution >= 4 is 15.9 Å². The number of benzene rings is 1. The number of hydrogen-bond donors (Lipinski definition) is 1. The van der Waals surface area contributed by atoms with Crippen molar-refractivity contribution in [1.82, 2.24) is 4.98 Å². The van der Waals surface area contributed by atoms with E-state index in [1.54, 1.807) is 0 Å². The molecule has 0 aliphatic heterocycles. The largest absolute Gasteiger partial charge is 0.439 e. The zero-order chi connectivity index (χ0) is 14.0. The van der Waals surface area contributed by atoms with Gasteiger partial charge >= 0.3 is 0 Å². The molecular formula is C14H14BrFN2O. The van der Waals surface area contributed by atoms with E-state index in [4.69, 9.17) is 10.5 Å². The molecule has 19 heavy (non-hydrogen) atoms. The summed E-state index contributed by atoms with van der Waals surface area (Å²) >= 11 is 3.50. The standard InChI is InChI=1S/C14H14BrFN2O/c1-8-3-12(4-9(2)13(8)15)19-14-10(6-17)5-11(16)7-18-14/h3-5,7H,6,17H2,1-2H3. The second-order valence-electron chi connectivity index (χ2n) is 4.30. The number of hydrogen-bond acceptors (Lipinski definition) is 3. The van der Waals surface area contributed by atoms with Crippen LogP contribution in [0.4, 0.5) is 4.39 Å². The average molecular weight is 325 g/mol. The van der Waals surface area contributed by atoms with Crippen LogP contribution in [-0.4, -0.2) is 4.98 Å². The second-order valence-corrected chi connectivity index (χ2v) is 5.09. The van der Waals surface area contributed by atoms with Gasteiger partial charge in [0.1, 0.15) is 11.6 Å². The Morgan fingerprint density at radius 1 is 1.26 bits per heavy atom. The molecule has 0 aliphatic rings. The smallest absolute Gasteiger partial charge is 0.223 e. The summed E-state index contributed by atoms with van der Waals surface area (Å²) < 4.78 is 19.8. The fourth-order valence-corrected chi connectivity index (χ4v) is 2.01. The van der Waals surface area contributed by atoms with Gasteiger partial charge < -0.3 is 10.5 Å². The van der Waals surface area contributed by atoms with Gasteiger partial charge in [0.15, 0.2) is 0 Å². The van der Waals surface area contributed by atoms with Crippen molar-refractivity contribution in [3.63, 3.8) is 0 Å². The lowest BCUT2D eigenvalue weighted by atomic mass is 10.1. The fraction of sp³-hybridized carbons (Fsp3) is 0.214. The zero-order valence-corrected chi connectivity index (χ0v) is 12.3. The molecule has 1 heterocycles. The first-order valence-electron chi connectivity index (χ1n) is 5.80. The summed E-state index contributed by atoms with van der Waals surface area (Å²) in [6, 6.07) is 5.12. The molecule has 0 saturated heterocycles. The highest BCUT2D eigenvalue weighted by Crippen LogP contribution is 2.30. The monoisotopic (exact) mass is 324 g/mol. The number of pyridine rings is 1. The quantitative estimate of drug-likeness (QED) is 0.932. The van der Waals surface area contributed by atoms with Gasteiger partial charge in [0.25, 0.3) is 0 Å². The van der Waals surface area contributed by atoms with Crippen molar-refractivity contribution in [1.29, 1.82) is 0 Å². The van der Waals surface area contributed by atoms with Gasteiger partial charge in [-0.2, -0.15) is 0 Å². The molecule has 0 aliphatic carbocycles. The molecule has 100 valence electrons. The zero-order valence-electron chi connectivity index (χ0n) is 10.7. The number of nitrogens with zero attached hydrogens (tertiary/aromatic N) is 1. The van der Waals surface area contributed by atoms with Gasteiger partial charge in [0, 0.05) is 16.6 Å². The van der Waals surface area contributed by atoms with Crippen molar-refractivity contribution in [2.45, 2.75) is 20.4 Å². The number of rotatable bonds is 3. The van der Waals surface area contributed by atoms with Gasteiger partial charge in [-0.05, 0) is 43.2 Å². The summed E-state index contributed by atoms with van der Waals surface area (Å²) in [5.41, 5.74) is 8.23. The molecule has 0 fully saturated rings. The van der Waals surface area contributed by atoms with Gasteiger partial charge in [0.2, 0.25) is 5.88 Å². The van der Waals surface area contributed by atoms with E-state index in [1.165, 1.54) is 6.07 Å². The molecule has 2 aromatic rings. The third-order valence-electron chi connectivity index (χ3n) is 2.74. The number of halogens is 2. The summed E-state index contributed by atoms with van der Waals surface area (Å²) in [6.45, 7) is 4.13. The van der Waals surface area contributed by atoms with Crippen LogP contribution in [0.3, 0.4) is 0 Å². The number of aromatic nitrogens is 1. The molecule has 2 N–H and O–H groups in total. The topological polar surface area (TPSA) is 48.1 Å². The van der Waals surface area contributed by atoms with E-state index in [0.29, 0.717) is 17.2 Å². The lowest BCUT2D eigenvalue weighted by molar-refractivity contribution is 0.451. The Bertz CT molecular complexity index is 593. The van der Waals surface area contributed by atoms with Crippen LogP contribution >= 0.6 is 15.9 Å². The van der Waals surface area contributed by atoms with Gasteiger partial charge in [0.05, 0.1) is 6.20 Å². The van der Waals surface area contributed by atoms with E-state index >= 15 is 0 Å². The maximum Gasteiger partial charge on any atom is 0.223 e. The minimum Gasteiger partial charge on any atom is -0.439 e. The first kappa shape index (κ1) is 14.0. The number of ether oxygens (including phenoxy) is 1. The van der Waals surface area contributed by atoms with Crippen LogP contribution in [0, 0.1) is 19.7 Å². The Labute approximate surface area is 119 Å². The van der Waals surface area contributed by atoms with E-state index < -0.39 is 5.82 Å². The molecule has 1 aromatic heterocycles. The van der Waals surface area contributed by atoms with Crippen LogP contribution in [0.15, 0.2) is 28.9 Å². The maximum absolute atomic E-state index is 13.1. The predicted molar refractivity (Wildman–Crippen MR) is 75.8 cm³/mol. The third kappa shape index (κ3) is 3.11. The molecular weight excluding hydrogens is 311 g/mol. The van der Waals surface area contributed by atoms with Crippen LogP contribution in [0.25, 0.3) is 0 Å². The van der Waals surface area contributed by atoms with Gasteiger partial charge in [-0.3, -0.25) is 0 Å². The summed E-state index contributed by atoms with van der Waals surface area (Å²) in [4.78, 5) is 3.94. The lowest BCUT2D eigenvalue weighted by Crippen LogP contribution is -2.02. The summed E-state index contributed by atoms with van der Waals surface area (Å²) in [5, 5.41) is 0. The molecule has 0 spiro atoms. The molecule has 2 rings (SSSR count). The number of aryl methyl sites for hydroxylation is 2. The molecule has 1 aromatic carbocycles. The third-order valence-corrected chi connectivity index (χ3v) is 3.99. The summed E-state index contributed by atoms with van der Waals surface area (Å²) in [5.74, 6) is 0.577. The highest BCUT2D eigenvalue weighted by Gasteiger charge is 2.09. The maximum atomic E-state index is 13.1. The normalized spacial score (nSPS) is 10.6. The molecule has 3 nitrogen and oxygen atoms in total. The van der Waals surface area contributed by atoms with Crippen molar-refractivity contribution in [2.24, 2.45) is 5.73 Å². The fourth-order valence-electron chi connectivity index (χ4n) is 1.78. The van der Waals surface area contributed by atoms with Crippen LogP contribution < -0.4 is 10.5 Å². The van der Waals surface area contributed by atoms with Crippen LogP contribution in [-0.2, 0) is 6.54 Å². The lowest BCUT2D eigenvalue weighted by Gasteiger charge is -2.11. The molecule has 0 unspecified atom stereocenters. The summed E-state index contributed by atoms with van der Waals surface area (Å²) in [6.07, 6.45) is 1.12. The van der Waals surface area contributed by atoms with E-state index in [2.05, 4.69) is 20.9 Å². The first-order chi connectivity index (χ1) is 9.01. The van der Waals surface area contributed by atoms with E-state index in [1.807, 2.05) is 26.0 Å². The van der Waals surface area contributed by atoms with E-state index in [0.717, 1.165) is 21.8 Å². The molecule has 0 bridgehead atoms. The SMILES string of the molecule is Cc1cc(Oc2ncc(F)cc2CN)cc(C)c1Br. The van der Waals surface area contributed by atoms with Crippen LogP contribution in [0.5, 0.6) is 11.6 Å². The summed E-state index contributed by atoms with van der Waals surface area (Å²) in [7, 11) is 0. The van der Waals surface area contributed by atoms with E-state index in [-0.39, 0.29) is 6.54 Å². The van der Waals surface area contributed by atoms with Crippen LogP contribution in [0.1, 0.15) is 16.7 Å². The van der Waals surface area contributed by atoms with E-state index in [9.17, 15) is 4.39 Å². The Balaban J connectivity index is 2.36. The van der Waals surface area contributed by atoms with Crippen molar-refractivity contribution in [3.05, 3.63) is 51.4 Å². The van der Waals surface area contributed by atoms with Gasteiger partial charge in [-0.15, -0.1) is 0 Å². The Morgan fingerprint density at radius 3 is 2.47 bits per heavy atom. The molecule has 0 amide bonds. The van der Waals surface area contributed by atoms with Crippen molar-refractivity contribution in [3.8, 4) is 11.6 Å². The molecule has 5 heteroatoms. The van der Waals surface area contributed by atoms with Gasteiger partial charge in [-0.25, -0.2) is 9.37 Å². The number of nitrogens with two attached hydrogens (primary N) is 1. The predicted octanol–water partition coefficient (Wildman–Crippen LogP) is 3.85. The minimum absolute atomic E-state index is 0.175. The Hall–Kier alpha value is -1.46. The Kier molecular flexibility index (Phi) is 4.17.